The minimum Gasteiger partial charge on any atom is -0.493 e. The molecule has 0 fully saturated rings. The van der Waals surface area contributed by atoms with Gasteiger partial charge in [0.2, 0.25) is 0 Å². The summed E-state index contributed by atoms with van der Waals surface area (Å²) in [5, 5.41) is 0.0925. The van der Waals surface area contributed by atoms with Crippen molar-refractivity contribution in [2.45, 2.75) is 13.0 Å². The minimum atomic E-state index is -0.443. The number of amides is 1. The van der Waals surface area contributed by atoms with E-state index in [4.69, 9.17) is 21.1 Å². The standard InChI is InChI=1S/C18H17ClFNO3/c1-23-15-6-4-12-10-21(18(22)16(12)17(15)24-2)8-7-11-3-5-14(20)13(19)9-11/h3-6,9H,7-8,10H2,1-2H3. The SMILES string of the molecule is COc1ccc2c(c1OC)C(=O)N(CCc1ccc(F)c(Cl)c1)C2. The minimum absolute atomic E-state index is 0.0889. The Labute approximate surface area is 144 Å². The summed E-state index contributed by atoms with van der Waals surface area (Å²) in [6.07, 6.45) is 0.596. The largest absolute Gasteiger partial charge is 0.493 e. The highest BCUT2D eigenvalue weighted by Crippen LogP contribution is 2.38. The number of rotatable bonds is 5. The van der Waals surface area contributed by atoms with E-state index in [0.717, 1.165) is 11.1 Å². The monoisotopic (exact) mass is 349 g/mol. The lowest BCUT2D eigenvalue weighted by molar-refractivity contribution is 0.0777. The first-order chi connectivity index (χ1) is 11.5. The van der Waals surface area contributed by atoms with Gasteiger partial charge in [-0.15, -0.1) is 0 Å². The Bertz CT molecular complexity index is 794. The van der Waals surface area contributed by atoms with E-state index < -0.39 is 5.82 Å². The fraction of sp³-hybridized carbons (Fsp3) is 0.278. The highest BCUT2D eigenvalue weighted by molar-refractivity contribution is 6.30. The second-order valence-corrected chi connectivity index (χ2v) is 5.97. The van der Waals surface area contributed by atoms with E-state index in [-0.39, 0.29) is 10.9 Å². The fourth-order valence-electron chi connectivity index (χ4n) is 2.91. The Morgan fingerprint density at radius 2 is 2.00 bits per heavy atom. The highest BCUT2D eigenvalue weighted by Gasteiger charge is 2.32. The van der Waals surface area contributed by atoms with E-state index >= 15 is 0 Å². The molecule has 1 aliphatic rings. The normalized spacial score (nSPS) is 13.2. The maximum absolute atomic E-state index is 13.2. The Balaban J connectivity index is 1.77. The Morgan fingerprint density at radius 1 is 1.21 bits per heavy atom. The van der Waals surface area contributed by atoms with E-state index in [1.807, 2.05) is 6.07 Å². The van der Waals surface area contributed by atoms with Crippen molar-refractivity contribution in [2.75, 3.05) is 20.8 Å². The number of methoxy groups -OCH3 is 2. The number of fused-ring (bicyclic) bond motifs is 1. The molecule has 0 radical (unpaired) electrons. The summed E-state index contributed by atoms with van der Waals surface area (Å²) < 4.78 is 23.8. The molecule has 3 rings (SSSR count). The van der Waals surface area contributed by atoms with Crippen molar-refractivity contribution in [3.8, 4) is 11.5 Å². The zero-order valence-electron chi connectivity index (χ0n) is 13.4. The number of halogens is 2. The first-order valence-electron chi connectivity index (χ1n) is 7.52. The van der Waals surface area contributed by atoms with Gasteiger partial charge in [-0.1, -0.05) is 23.7 Å². The van der Waals surface area contributed by atoms with Gasteiger partial charge in [0, 0.05) is 13.1 Å². The van der Waals surface area contributed by atoms with Crippen LogP contribution in [0.3, 0.4) is 0 Å². The van der Waals surface area contributed by atoms with Crippen LogP contribution >= 0.6 is 11.6 Å². The third-order valence-corrected chi connectivity index (χ3v) is 4.44. The summed E-state index contributed by atoms with van der Waals surface area (Å²) >= 11 is 5.80. The number of ether oxygens (including phenoxy) is 2. The predicted molar refractivity (Wildman–Crippen MR) is 89.4 cm³/mol. The maximum atomic E-state index is 13.2. The Hall–Kier alpha value is -2.27. The average molecular weight is 350 g/mol. The second kappa shape index (κ2) is 6.69. The Kier molecular flexibility index (Phi) is 4.62. The maximum Gasteiger partial charge on any atom is 0.258 e. The lowest BCUT2D eigenvalue weighted by Crippen LogP contribution is -2.26. The van der Waals surface area contributed by atoms with Crippen LogP contribution in [-0.2, 0) is 13.0 Å². The van der Waals surface area contributed by atoms with Crippen LogP contribution in [-0.4, -0.2) is 31.6 Å². The number of carbonyl (C=O) groups is 1. The number of nitrogens with zero attached hydrogens (tertiary/aromatic N) is 1. The van der Waals surface area contributed by atoms with Gasteiger partial charge in [-0.3, -0.25) is 4.79 Å². The van der Waals surface area contributed by atoms with Gasteiger partial charge in [-0.05, 0) is 35.7 Å². The van der Waals surface area contributed by atoms with Crippen molar-refractivity contribution in [2.24, 2.45) is 0 Å². The van der Waals surface area contributed by atoms with Crippen LogP contribution < -0.4 is 9.47 Å². The lowest BCUT2D eigenvalue weighted by atomic mass is 10.1. The number of carbonyl (C=O) groups excluding carboxylic acids is 1. The summed E-state index contributed by atoms with van der Waals surface area (Å²) in [4.78, 5) is 14.4. The summed E-state index contributed by atoms with van der Waals surface area (Å²) in [5.41, 5.74) is 2.35. The Morgan fingerprint density at radius 3 is 2.67 bits per heavy atom. The van der Waals surface area contributed by atoms with Gasteiger partial charge >= 0.3 is 0 Å². The summed E-state index contributed by atoms with van der Waals surface area (Å²) in [5.74, 6) is 0.472. The van der Waals surface area contributed by atoms with E-state index in [1.165, 1.54) is 13.2 Å². The van der Waals surface area contributed by atoms with Crippen molar-refractivity contribution in [3.63, 3.8) is 0 Å². The molecule has 0 saturated carbocycles. The molecular weight excluding hydrogens is 333 g/mol. The molecule has 0 spiro atoms. The van der Waals surface area contributed by atoms with Crippen molar-refractivity contribution in [3.05, 3.63) is 57.9 Å². The number of hydrogen-bond donors (Lipinski definition) is 0. The molecule has 24 heavy (non-hydrogen) atoms. The van der Waals surface area contributed by atoms with Crippen LogP contribution in [0.4, 0.5) is 4.39 Å². The molecule has 0 saturated heterocycles. The molecule has 0 aromatic heterocycles. The molecule has 0 bridgehead atoms. The molecule has 0 unspecified atom stereocenters. The van der Waals surface area contributed by atoms with Crippen LogP contribution in [0.1, 0.15) is 21.5 Å². The first kappa shape index (κ1) is 16.6. The van der Waals surface area contributed by atoms with E-state index in [1.54, 1.807) is 30.2 Å². The van der Waals surface area contributed by atoms with Crippen molar-refractivity contribution in [1.82, 2.24) is 4.90 Å². The lowest BCUT2D eigenvalue weighted by Gasteiger charge is -2.16. The van der Waals surface area contributed by atoms with Crippen LogP contribution in [0.5, 0.6) is 11.5 Å². The van der Waals surface area contributed by atoms with Gasteiger partial charge in [-0.2, -0.15) is 0 Å². The van der Waals surface area contributed by atoms with Gasteiger partial charge < -0.3 is 14.4 Å². The summed E-state index contributed by atoms with van der Waals surface area (Å²) in [7, 11) is 3.06. The van der Waals surface area contributed by atoms with Gasteiger partial charge in [0.05, 0.1) is 24.8 Å². The topological polar surface area (TPSA) is 38.8 Å². The molecule has 0 atom stereocenters. The average Bonchev–Trinajstić information content (AvgIpc) is 2.91. The highest BCUT2D eigenvalue weighted by atomic mass is 35.5. The van der Waals surface area contributed by atoms with Crippen molar-refractivity contribution >= 4 is 17.5 Å². The van der Waals surface area contributed by atoms with Crippen LogP contribution in [0.15, 0.2) is 30.3 Å². The van der Waals surface area contributed by atoms with Crippen LogP contribution in [0, 0.1) is 5.82 Å². The van der Waals surface area contributed by atoms with E-state index in [0.29, 0.717) is 36.6 Å². The van der Waals surface area contributed by atoms with E-state index in [9.17, 15) is 9.18 Å². The van der Waals surface area contributed by atoms with Crippen molar-refractivity contribution in [1.29, 1.82) is 0 Å². The molecule has 0 N–H and O–H groups in total. The number of benzene rings is 2. The molecule has 1 amide bonds. The molecule has 1 aliphatic heterocycles. The third kappa shape index (κ3) is 2.91. The molecule has 0 aliphatic carbocycles. The summed E-state index contributed by atoms with van der Waals surface area (Å²) in [6, 6.07) is 8.29. The molecule has 1 heterocycles. The third-order valence-electron chi connectivity index (χ3n) is 4.15. The van der Waals surface area contributed by atoms with E-state index in [2.05, 4.69) is 0 Å². The molecule has 126 valence electrons. The van der Waals surface area contributed by atoms with Gasteiger partial charge in [0.1, 0.15) is 5.82 Å². The first-order valence-corrected chi connectivity index (χ1v) is 7.90. The van der Waals surface area contributed by atoms with Gasteiger partial charge in [-0.25, -0.2) is 4.39 Å². The smallest absolute Gasteiger partial charge is 0.258 e. The molecule has 6 heteroatoms. The molecular formula is C18H17ClFNO3. The van der Waals surface area contributed by atoms with Crippen LogP contribution in [0.25, 0.3) is 0 Å². The van der Waals surface area contributed by atoms with Gasteiger partial charge in [0.25, 0.3) is 5.91 Å². The van der Waals surface area contributed by atoms with Gasteiger partial charge in [0.15, 0.2) is 11.5 Å². The number of hydrogen-bond acceptors (Lipinski definition) is 3. The fourth-order valence-corrected chi connectivity index (χ4v) is 3.11. The van der Waals surface area contributed by atoms with Crippen LogP contribution in [0.2, 0.25) is 5.02 Å². The second-order valence-electron chi connectivity index (χ2n) is 5.56. The predicted octanol–water partition coefficient (Wildman–Crippen LogP) is 3.69. The molecule has 2 aromatic carbocycles. The van der Waals surface area contributed by atoms with Crippen molar-refractivity contribution < 1.29 is 18.7 Å². The quantitative estimate of drug-likeness (QED) is 0.826. The zero-order valence-corrected chi connectivity index (χ0v) is 14.2. The molecule has 2 aromatic rings. The zero-order chi connectivity index (χ0) is 17.3. The molecule has 4 nitrogen and oxygen atoms in total. The summed E-state index contributed by atoms with van der Waals surface area (Å²) in [6.45, 7) is 1.03.